The van der Waals surface area contributed by atoms with Gasteiger partial charge in [0.2, 0.25) is 4.33 Å². The van der Waals surface area contributed by atoms with E-state index in [4.69, 9.17) is 39.5 Å². The van der Waals surface area contributed by atoms with Crippen molar-refractivity contribution in [2.24, 2.45) is 5.41 Å². The number of amides is 1. The molecule has 0 aromatic heterocycles. The minimum Gasteiger partial charge on any atom is -0.497 e. The highest BCUT2D eigenvalue weighted by atomic mass is 35.5. The molecular weight excluding hydrogens is 369 g/mol. The van der Waals surface area contributed by atoms with Crippen LogP contribution >= 0.6 is 34.8 Å². The van der Waals surface area contributed by atoms with E-state index in [1.165, 1.54) is 0 Å². The number of ether oxygens (including phenoxy) is 1. The van der Waals surface area contributed by atoms with Crippen molar-refractivity contribution in [3.05, 3.63) is 42.1 Å². The largest absolute Gasteiger partial charge is 0.497 e. The number of halogens is 3. The number of methoxy groups -OCH3 is 1. The van der Waals surface area contributed by atoms with Gasteiger partial charge in [0.25, 0.3) is 5.91 Å². The third-order valence-electron chi connectivity index (χ3n) is 5.23. The van der Waals surface area contributed by atoms with E-state index in [1.807, 2.05) is 24.3 Å². The molecule has 130 valence electrons. The summed E-state index contributed by atoms with van der Waals surface area (Å²) in [5, 5.41) is -0.293. The minimum atomic E-state index is -1.57. The highest BCUT2D eigenvalue weighted by molar-refractivity contribution is 6.60. The first-order valence-corrected chi connectivity index (χ1v) is 9.20. The third-order valence-corrected chi connectivity index (χ3v) is 6.82. The molecule has 0 bridgehead atoms. The normalized spacial score (nSPS) is 29.3. The molecule has 0 unspecified atom stereocenters. The van der Waals surface area contributed by atoms with Gasteiger partial charge in [0, 0.05) is 11.1 Å². The maximum atomic E-state index is 12.9. The molecule has 1 spiro atoms. The lowest BCUT2D eigenvalue weighted by molar-refractivity contribution is -0.128. The molecule has 1 aliphatic heterocycles. The van der Waals surface area contributed by atoms with Crippen molar-refractivity contribution in [2.75, 3.05) is 7.11 Å². The predicted molar refractivity (Wildman–Crippen MR) is 97.7 cm³/mol. The van der Waals surface area contributed by atoms with Gasteiger partial charge in [0.1, 0.15) is 5.75 Å². The minimum absolute atomic E-state index is 0.293. The van der Waals surface area contributed by atoms with E-state index < -0.39 is 9.75 Å². The van der Waals surface area contributed by atoms with Gasteiger partial charge in [-0.2, -0.15) is 0 Å². The van der Waals surface area contributed by atoms with Gasteiger partial charge in [-0.25, -0.2) is 0 Å². The van der Waals surface area contributed by atoms with E-state index in [9.17, 15) is 4.79 Å². The second kappa shape index (κ2) is 6.44. The number of carbonyl (C=O) groups excluding carboxylic acids is 1. The molecule has 1 aromatic carbocycles. The van der Waals surface area contributed by atoms with Gasteiger partial charge in [-0.1, -0.05) is 54.8 Å². The Morgan fingerprint density at radius 2 is 1.96 bits per heavy atom. The van der Waals surface area contributed by atoms with Gasteiger partial charge in [-0.3, -0.25) is 4.79 Å². The van der Waals surface area contributed by atoms with Crippen LogP contribution in [-0.2, 0) is 11.3 Å². The molecule has 6 heteroatoms. The fraction of sp³-hybridized carbons (Fsp3) is 0.500. The molecule has 3 rings (SSSR count). The molecule has 0 N–H and O–H groups in total. The maximum Gasteiger partial charge on any atom is 0.264 e. The standard InChI is InChI=1S/C18H20Cl3NO2/c1-12-17(10-4-3-5-15(17)19)18(20,21)16(23)22(12)11-13-6-8-14(24-2)9-7-13/h6-9,15H,1,3-5,10-11H2,2H3/t15-,17-/m0/s1. The zero-order chi connectivity index (χ0) is 17.5. The molecule has 1 amide bonds. The summed E-state index contributed by atoms with van der Waals surface area (Å²) in [5.41, 5.74) is 0.792. The average Bonchev–Trinajstić information content (AvgIpc) is 2.71. The Balaban J connectivity index is 1.92. The van der Waals surface area contributed by atoms with E-state index in [2.05, 4.69) is 6.58 Å². The number of rotatable bonds is 3. The molecular formula is C18H20Cl3NO2. The number of carbonyl (C=O) groups is 1. The molecule has 1 saturated carbocycles. The molecule has 24 heavy (non-hydrogen) atoms. The molecule has 1 aromatic rings. The fourth-order valence-corrected chi connectivity index (χ4v) is 5.33. The van der Waals surface area contributed by atoms with Gasteiger partial charge >= 0.3 is 0 Å². The topological polar surface area (TPSA) is 29.5 Å². The highest BCUT2D eigenvalue weighted by Gasteiger charge is 2.67. The molecule has 1 aliphatic carbocycles. The van der Waals surface area contributed by atoms with Gasteiger partial charge in [0.05, 0.1) is 19.1 Å². The Morgan fingerprint density at radius 3 is 2.54 bits per heavy atom. The molecule has 1 saturated heterocycles. The molecule has 0 radical (unpaired) electrons. The average molecular weight is 389 g/mol. The summed E-state index contributed by atoms with van der Waals surface area (Å²) in [6.07, 6.45) is 3.41. The van der Waals surface area contributed by atoms with E-state index in [-0.39, 0.29) is 11.3 Å². The monoisotopic (exact) mass is 387 g/mol. The van der Waals surface area contributed by atoms with Gasteiger partial charge < -0.3 is 9.64 Å². The van der Waals surface area contributed by atoms with Crippen LogP contribution in [-0.4, -0.2) is 27.6 Å². The summed E-state index contributed by atoms with van der Waals surface area (Å²) in [5.74, 6) is 0.429. The Morgan fingerprint density at radius 1 is 1.29 bits per heavy atom. The van der Waals surface area contributed by atoms with Crippen LogP contribution < -0.4 is 4.74 Å². The summed E-state index contributed by atoms with van der Waals surface area (Å²) in [6.45, 7) is 4.54. The number of allylic oxidation sites excluding steroid dienone is 1. The van der Waals surface area contributed by atoms with Crippen LogP contribution in [0.3, 0.4) is 0 Å². The van der Waals surface area contributed by atoms with E-state index in [0.717, 1.165) is 30.6 Å². The number of hydrogen-bond acceptors (Lipinski definition) is 2. The van der Waals surface area contributed by atoms with E-state index in [1.54, 1.807) is 12.0 Å². The van der Waals surface area contributed by atoms with Crippen molar-refractivity contribution in [3.63, 3.8) is 0 Å². The lowest BCUT2D eigenvalue weighted by Gasteiger charge is -2.43. The number of hydrogen-bond donors (Lipinski definition) is 0. The van der Waals surface area contributed by atoms with Crippen LogP contribution in [0.1, 0.15) is 31.2 Å². The van der Waals surface area contributed by atoms with Crippen molar-refractivity contribution >= 4 is 40.7 Å². The second-order valence-electron chi connectivity index (χ2n) is 6.45. The summed E-state index contributed by atoms with van der Waals surface area (Å²) in [4.78, 5) is 14.5. The quantitative estimate of drug-likeness (QED) is 0.690. The molecule has 2 atom stereocenters. The molecule has 1 heterocycles. The Bertz CT molecular complexity index is 659. The lowest BCUT2D eigenvalue weighted by Crippen LogP contribution is -2.47. The van der Waals surface area contributed by atoms with Crippen LogP contribution in [0.4, 0.5) is 0 Å². The smallest absolute Gasteiger partial charge is 0.264 e. The van der Waals surface area contributed by atoms with Crippen molar-refractivity contribution in [2.45, 2.75) is 41.9 Å². The predicted octanol–water partition coefficient (Wildman–Crippen LogP) is 4.89. The van der Waals surface area contributed by atoms with Crippen LogP contribution in [0, 0.1) is 5.41 Å². The van der Waals surface area contributed by atoms with Crippen molar-refractivity contribution in [1.29, 1.82) is 0 Å². The maximum absolute atomic E-state index is 12.9. The first-order chi connectivity index (χ1) is 11.3. The number of alkyl halides is 3. The van der Waals surface area contributed by atoms with Crippen LogP contribution in [0.15, 0.2) is 36.5 Å². The number of nitrogens with zero attached hydrogens (tertiary/aromatic N) is 1. The van der Waals surface area contributed by atoms with Gasteiger partial charge in [-0.15, -0.1) is 11.6 Å². The van der Waals surface area contributed by atoms with Gasteiger partial charge in [0.15, 0.2) is 0 Å². The van der Waals surface area contributed by atoms with Crippen molar-refractivity contribution in [3.8, 4) is 5.75 Å². The molecule has 2 aliphatic rings. The second-order valence-corrected chi connectivity index (χ2v) is 8.30. The summed E-state index contributed by atoms with van der Waals surface area (Å²) < 4.78 is 3.59. The third kappa shape index (κ3) is 2.53. The first-order valence-electron chi connectivity index (χ1n) is 8.01. The number of benzene rings is 1. The van der Waals surface area contributed by atoms with Crippen molar-refractivity contribution in [1.82, 2.24) is 4.90 Å². The highest BCUT2D eigenvalue weighted by Crippen LogP contribution is 2.62. The Kier molecular flexibility index (Phi) is 4.80. The SMILES string of the molecule is C=C1N(Cc2ccc(OC)cc2)C(=O)C(Cl)(Cl)[C@@]12CCCC[C@@H]2Cl. The van der Waals surface area contributed by atoms with E-state index in [0.29, 0.717) is 18.7 Å². The Hall–Kier alpha value is -0.900. The van der Waals surface area contributed by atoms with Crippen molar-refractivity contribution < 1.29 is 9.53 Å². The van der Waals surface area contributed by atoms with Crippen LogP contribution in [0.25, 0.3) is 0 Å². The van der Waals surface area contributed by atoms with Crippen LogP contribution in [0.5, 0.6) is 5.75 Å². The molecule has 3 nitrogen and oxygen atoms in total. The summed E-state index contributed by atoms with van der Waals surface area (Å²) in [6, 6.07) is 7.53. The summed E-state index contributed by atoms with van der Waals surface area (Å²) >= 11 is 19.7. The fourth-order valence-electron chi connectivity index (χ4n) is 3.79. The van der Waals surface area contributed by atoms with E-state index >= 15 is 0 Å². The Labute approximate surface area is 157 Å². The number of likely N-dealkylation sites (tertiary alicyclic amines) is 1. The zero-order valence-electron chi connectivity index (χ0n) is 13.5. The van der Waals surface area contributed by atoms with Gasteiger partial charge in [-0.05, 0) is 30.5 Å². The molecule has 2 fully saturated rings. The lowest BCUT2D eigenvalue weighted by atomic mass is 9.70. The van der Waals surface area contributed by atoms with Crippen LogP contribution in [0.2, 0.25) is 0 Å². The zero-order valence-corrected chi connectivity index (χ0v) is 15.8. The summed E-state index contributed by atoms with van der Waals surface area (Å²) in [7, 11) is 1.61. The first kappa shape index (κ1) is 17.9.